The fraction of sp³-hybridized carbons (Fsp3) is 0.333. The molecule has 0 saturated heterocycles. The summed E-state index contributed by atoms with van der Waals surface area (Å²) < 4.78 is 9.88. The lowest BCUT2D eigenvalue weighted by Gasteiger charge is -2.04. The number of ether oxygens (including phenoxy) is 2. The number of carbonyl (C=O) groups excluding carboxylic acids is 2. The number of aromatic nitrogens is 4. The summed E-state index contributed by atoms with van der Waals surface area (Å²) in [5, 5.41) is 9.91. The Morgan fingerprint density at radius 2 is 1.22 bits per heavy atom. The molecule has 0 aliphatic carbocycles. The van der Waals surface area contributed by atoms with E-state index in [-0.39, 0.29) is 31.4 Å². The van der Waals surface area contributed by atoms with Crippen LogP contribution in [-0.4, -0.2) is 57.8 Å². The predicted octanol–water partition coefficient (Wildman–Crippen LogP) is 6.57. The molecule has 9 heteroatoms. The monoisotopic (exact) mass is 608 g/mol. The van der Waals surface area contributed by atoms with E-state index in [1.54, 1.807) is 0 Å². The molecule has 0 saturated carbocycles. The summed E-state index contributed by atoms with van der Waals surface area (Å²) >= 11 is 0. The van der Waals surface area contributed by atoms with Crippen LogP contribution in [0, 0.1) is 13.8 Å². The van der Waals surface area contributed by atoms with E-state index < -0.39 is 0 Å². The number of rotatable bonds is 9. The second kappa shape index (κ2) is 13.1. The van der Waals surface area contributed by atoms with Crippen molar-refractivity contribution >= 4 is 56.3 Å². The molecule has 0 aromatic carbocycles. The lowest BCUT2D eigenvalue weighted by Crippen LogP contribution is -2.02. The third-order valence-corrected chi connectivity index (χ3v) is 8.90. The molecule has 0 unspecified atom stereocenters. The van der Waals surface area contributed by atoms with Gasteiger partial charge in [-0.15, -0.1) is 0 Å². The highest BCUT2D eigenvalue weighted by Crippen LogP contribution is 2.36. The highest BCUT2D eigenvalue weighted by molar-refractivity contribution is 5.97. The first-order chi connectivity index (χ1) is 21.6. The second-order valence-electron chi connectivity index (χ2n) is 11.4. The highest BCUT2D eigenvalue weighted by Gasteiger charge is 2.21. The van der Waals surface area contributed by atoms with E-state index in [1.807, 2.05) is 58.0 Å². The Hall–Kier alpha value is -4.76. The van der Waals surface area contributed by atoms with Crippen molar-refractivity contribution in [3.8, 4) is 0 Å². The van der Waals surface area contributed by atoms with Gasteiger partial charge in [-0.1, -0.05) is 12.7 Å². The molecule has 5 heterocycles. The van der Waals surface area contributed by atoms with Gasteiger partial charge in [0, 0.05) is 47.1 Å². The number of aromatic amines is 2. The van der Waals surface area contributed by atoms with Gasteiger partial charge in [-0.25, -0.2) is 9.97 Å². The summed E-state index contributed by atoms with van der Waals surface area (Å²) in [5.41, 5.74) is 14.5. The van der Waals surface area contributed by atoms with Gasteiger partial charge >= 0.3 is 11.9 Å². The fourth-order valence-corrected chi connectivity index (χ4v) is 6.17. The van der Waals surface area contributed by atoms with E-state index in [0.29, 0.717) is 19.3 Å². The molecule has 3 N–H and O–H groups in total. The molecule has 2 aliphatic heterocycles. The zero-order valence-electron chi connectivity index (χ0n) is 26.8. The fourth-order valence-electron chi connectivity index (χ4n) is 6.17. The van der Waals surface area contributed by atoms with E-state index in [0.717, 1.165) is 89.4 Å². The minimum absolute atomic E-state index is 0.0142. The Labute approximate surface area is 262 Å². The summed E-state index contributed by atoms with van der Waals surface area (Å²) in [6.45, 7) is 12.2. The summed E-state index contributed by atoms with van der Waals surface area (Å²) in [6, 6.07) is 8.07. The van der Waals surface area contributed by atoms with Crippen molar-refractivity contribution in [2.45, 2.75) is 59.8 Å². The number of aliphatic hydroxyl groups excluding tert-OH is 1. The molecule has 3 aromatic heterocycles. The van der Waals surface area contributed by atoms with Crippen LogP contribution in [-0.2, 0) is 31.9 Å². The quantitative estimate of drug-likeness (QED) is 0.234. The van der Waals surface area contributed by atoms with Crippen LogP contribution >= 0.6 is 0 Å². The molecule has 5 rings (SSSR count). The van der Waals surface area contributed by atoms with Crippen molar-refractivity contribution in [3.05, 3.63) is 81.9 Å². The molecule has 0 fully saturated rings. The number of H-pyrrole nitrogens is 2. The summed E-state index contributed by atoms with van der Waals surface area (Å²) in [7, 11) is 2.78. The normalized spacial score (nSPS) is 13.0. The Morgan fingerprint density at radius 3 is 1.80 bits per heavy atom. The van der Waals surface area contributed by atoms with E-state index in [2.05, 4.69) is 16.5 Å². The van der Waals surface area contributed by atoms with Gasteiger partial charge in [0.15, 0.2) is 0 Å². The van der Waals surface area contributed by atoms with Gasteiger partial charge in [-0.2, -0.15) is 0 Å². The first-order valence-corrected chi connectivity index (χ1v) is 15.1. The van der Waals surface area contributed by atoms with Gasteiger partial charge in [0.05, 0.1) is 37.0 Å². The summed E-state index contributed by atoms with van der Waals surface area (Å²) in [6.07, 6.45) is 3.70. The molecule has 0 atom stereocenters. The molecular formula is C36H40N4O5. The van der Waals surface area contributed by atoms with Crippen molar-refractivity contribution in [3.63, 3.8) is 0 Å². The number of esters is 2. The molecule has 2 aliphatic rings. The summed E-state index contributed by atoms with van der Waals surface area (Å²) in [4.78, 5) is 41.6. The molecule has 0 radical (unpaired) electrons. The van der Waals surface area contributed by atoms with E-state index >= 15 is 0 Å². The Bertz CT molecular complexity index is 1940. The minimum Gasteiger partial charge on any atom is -0.469 e. The number of nitrogens with zero attached hydrogens (tertiary/aromatic N) is 2. The van der Waals surface area contributed by atoms with Crippen molar-refractivity contribution < 1.29 is 24.2 Å². The first kappa shape index (κ1) is 31.7. The van der Waals surface area contributed by atoms with Gasteiger partial charge in [0.25, 0.3) is 0 Å². The van der Waals surface area contributed by atoms with Crippen LogP contribution in [0.25, 0.3) is 44.4 Å². The number of aliphatic hydroxyl groups is 1. The largest absolute Gasteiger partial charge is 0.469 e. The smallest absolute Gasteiger partial charge is 0.305 e. The lowest BCUT2D eigenvalue weighted by atomic mass is 10.00. The molecule has 234 valence electrons. The average Bonchev–Trinajstić information content (AvgIpc) is 3.68. The standard InChI is InChI=1S/C36H40N4O5/c1-8-23-19(2)29-17-32-26(13-14-41)22(5)28(38-32)15-27-20(3)24(9-11-35(42)44-6)33(39-27)18-34-25(10-12-36(43)45-7)21(4)30(40-34)16-31(23)37-29/h8,15-18,38,40-41H,1,9-14H2,2-7H3. The predicted molar refractivity (Wildman–Crippen MR) is 178 cm³/mol. The van der Waals surface area contributed by atoms with Crippen LogP contribution in [0.3, 0.4) is 0 Å². The van der Waals surface area contributed by atoms with E-state index in [1.165, 1.54) is 14.2 Å². The van der Waals surface area contributed by atoms with Crippen molar-refractivity contribution in [1.29, 1.82) is 0 Å². The van der Waals surface area contributed by atoms with Crippen LogP contribution in [0.15, 0.2) is 36.9 Å². The minimum atomic E-state index is -0.291. The van der Waals surface area contributed by atoms with Crippen molar-refractivity contribution in [2.75, 3.05) is 20.8 Å². The van der Waals surface area contributed by atoms with Gasteiger partial charge in [0.1, 0.15) is 0 Å². The van der Waals surface area contributed by atoms with Gasteiger partial charge < -0.3 is 24.5 Å². The van der Waals surface area contributed by atoms with Gasteiger partial charge in [-0.05, 0) is 110 Å². The number of allylic oxidation sites excluding steroid dienone is 5. The topological polar surface area (TPSA) is 130 Å². The van der Waals surface area contributed by atoms with E-state index in [4.69, 9.17) is 19.4 Å². The SMILES string of the molecule is C=CC1=C(C)c2cc3[nH]c(cc4nc(cc5[nH]c(cc1n2)c(C)c5CCC(=O)OC)C(CCC(=O)OC)=C4C)c(C)c3CCO. The van der Waals surface area contributed by atoms with Gasteiger partial charge in [0.2, 0.25) is 0 Å². The lowest BCUT2D eigenvalue weighted by molar-refractivity contribution is -0.141. The zero-order chi connectivity index (χ0) is 32.4. The molecular weight excluding hydrogens is 568 g/mol. The molecule has 0 spiro atoms. The first-order valence-electron chi connectivity index (χ1n) is 15.1. The van der Waals surface area contributed by atoms with Crippen LogP contribution in [0.4, 0.5) is 0 Å². The van der Waals surface area contributed by atoms with E-state index in [9.17, 15) is 14.7 Å². The number of nitrogens with one attached hydrogen (secondary N) is 2. The number of hydrogen-bond acceptors (Lipinski definition) is 7. The van der Waals surface area contributed by atoms with Crippen LogP contribution in [0.1, 0.15) is 78.1 Å². The van der Waals surface area contributed by atoms with Gasteiger partial charge in [-0.3, -0.25) is 9.59 Å². The number of methoxy groups -OCH3 is 2. The number of aryl methyl sites for hydroxylation is 3. The molecule has 3 aromatic rings. The number of hydrogen-bond donors (Lipinski definition) is 3. The van der Waals surface area contributed by atoms with Crippen LogP contribution < -0.4 is 0 Å². The van der Waals surface area contributed by atoms with Crippen LogP contribution in [0.2, 0.25) is 0 Å². The maximum absolute atomic E-state index is 12.2. The average molecular weight is 609 g/mol. The third kappa shape index (κ3) is 6.13. The highest BCUT2D eigenvalue weighted by atomic mass is 16.5. The maximum Gasteiger partial charge on any atom is 0.305 e. The second-order valence-corrected chi connectivity index (χ2v) is 11.4. The molecule has 8 bridgehead atoms. The summed E-state index contributed by atoms with van der Waals surface area (Å²) in [5.74, 6) is -0.576. The Balaban J connectivity index is 1.90. The molecule has 9 nitrogen and oxygen atoms in total. The Kier molecular flexibility index (Phi) is 9.20. The molecule has 45 heavy (non-hydrogen) atoms. The molecule has 0 amide bonds. The zero-order valence-corrected chi connectivity index (χ0v) is 26.8. The number of fused-ring (bicyclic) bond motifs is 8. The Morgan fingerprint density at radius 1 is 0.733 bits per heavy atom. The van der Waals surface area contributed by atoms with Crippen molar-refractivity contribution in [2.24, 2.45) is 0 Å². The number of carbonyl (C=O) groups is 2. The maximum atomic E-state index is 12.2. The third-order valence-electron chi connectivity index (χ3n) is 8.90. The van der Waals surface area contributed by atoms with Crippen molar-refractivity contribution in [1.82, 2.24) is 19.9 Å². The van der Waals surface area contributed by atoms with Crippen LogP contribution in [0.5, 0.6) is 0 Å².